The van der Waals surface area contributed by atoms with E-state index in [4.69, 9.17) is 10.5 Å². The van der Waals surface area contributed by atoms with Crippen molar-refractivity contribution in [1.82, 2.24) is 4.90 Å². The van der Waals surface area contributed by atoms with E-state index in [1.807, 2.05) is 0 Å². The highest BCUT2D eigenvalue weighted by Crippen LogP contribution is 2.01. The molecule has 1 rings (SSSR count). The monoisotopic (exact) mass is 186 g/mol. The van der Waals surface area contributed by atoms with Gasteiger partial charge in [-0.1, -0.05) is 0 Å². The van der Waals surface area contributed by atoms with Gasteiger partial charge in [-0.15, -0.1) is 0 Å². The zero-order valence-electron chi connectivity index (χ0n) is 7.49. The summed E-state index contributed by atoms with van der Waals surface area (Å²) in [6.45, 7) is 2.45. The standard InChI is InChI=1S/C8H14N2O3/c9-7(11)6-8(12)10-2-1-4-13-5-3-10/h1-6H2,(H2,9,11). The number of nitrogens with two attached hydrogens (primary N) is 1. The van der Waals surface area contributed by atoms with Crippen LogP contribution in [-0.4, -0.2) is 43.0 Å². The molecule has 0 saturated carbocycles. The molecule has 74 valence electrons. The van der Waals surface area contributed by atoms with Crippen LogP contribution in [0, 0.1) is 0 Å². The van der Waals surface area contributed by atoms with Gasteiger partial charge < -0.3 is 15.4 Å². The fraction of sp³-hybridized carbons (Fsp3) is 0.750. The molecule has 0 aromatic heterocycles. The zero-order chi connectivity index (χ0) is 9.68. The highest BCUT2D eigenvalue weighted by atomic mass is 16.5. The topological polar surface area (TPSA) is 72.6 Å². The number of ether oxygens (including phenoxy) is 1. The summed E-state index contributed by atoms with van der Waals surface area (Å²) in [6, 6.07) is 0. The van der Waals surface area contributed by atoms with E-state index in [1.54, 1.807) is 4.90 Å². The molecule has 1 heterocycles. The van der Waals surface area contributed by atoms with Crippen molar-refractivity contribution < 1.29 is 14.3 Å². The number of carbonyl (C=O) groups excluding carboxylic acids is 2. The predicted octanol–water partition coefficient (Wildman–Crippen LogP) is -0.889. The summed E-state index contributed by atoms with van der Waals surface area (Å²) >= 11 is 0. The number of carbonyl (C=O) groups is 2. The summed E-state index contributed by atoms with van der Waals surface area (Å²) < 4.78 is 5.17. The first-order chi connectivity index (χ1) is 6.20. The molecule has 0 aromatic rings. The first-order valence-corrected chi connectivity index (χ1v) is 4.34. The van der Waals surface area contributed by atoms with Gasteiger partial charge >= 0.3 is 0 Å². The van der Waals surface area contributed by atoms with Crippen molar-refractivity contribution >= 4 is 11.8 Å². The van der Waals surface area contributed by atoms with Gasteiger partial charge in [-0.2, -0.15) is 0 Å². The largest absolute Gasteiger partial charge is 0.380 e. The maximum Gasteiger partial charge on any atom is 0.232 e. The van der Waals surface area contributed by atoms with Gasteiger partial charge in [0, 0.05) is 19.7 Å². The predicted molar refractivity (Wildman–Crippen MR) is 45.8 cm³/mol. The molecule has 1 aliphatic heterocycles. The average Bonchev–Trinajstić information content (AvgIpc) is 2.29. The van der Waals surface area contributed by atoms with Crippen molar-refractivity contribution in [3.63, 3.8) is 0 Å². The molecule has 0 spiro atoms. The van der Waals surface area contributed by atoms with Gasteiger partial charge in [0.1, 0.15) is 6.42 Å². The third-order valence-corrected chi connectivity index (χ3v) is 1.90. The Hall–Kier alpha value is -1.10. The summed E-state index contributed by atoms with van der Waals surface area (Å²) in [6.07, 6.45) is 0.629. The second kappa shape index (κ2) is 4.81. The molecule has 2 amide bonds. The molecule has 0 bridgehead atoms. The van der Waals surface area contributed by atoms with E-state index in [0.29, 0.717) is 26.3 Å². The number of hydrogen-bond acceptors (Lipinski definition) is 3. The third kappa shape index (κ3) is 3.42. The Kier molecular flexibility index (Phi) is 3.70. The molecule has 1 saturated heterocycles. The normalized spacial score (nSPS) is 18.0. The Morgan fingerprint density at radius 1 is 1.31 bits per heavy atom. The lowest BCUT2D eigenvalue weighted by atomic mass is 10.3. The van der Waals surface area contributed by atoms with E-state index in [9.17, 15) is 9.59 Å². The molecule has 0 aliphatic carbocycles. The van der Waals surface area contributed by atoms with Crippen molar-refractivity contribution in [2.45, 2.75) is 12.8 Å². The van der Waals surface area contributed by atoms with Gasteiger partial charge in [0.05, 0.1) is 6.61 Å². The molecule has 0 atom stereocenters. The maximum atomic E-state index is 11.3. The van der Waals surface area contributed by atoms with Crippen LogP contribution in [-0.2, 0) is 14.3 Å². The minimum Gasteiger partial charge on any atom is -0.380 e. The Bertz CT molecular complexity index is 198. The van der Waals surface area contributed by atoms with Crippen LogP contribution < -0.4 is 5.73 Å². The Morgan fingerprint density at radius 3 is 2.77 bits per heavy atom. The lowest BCUT2D eigenvalue weighted by Gasteiger charge is -2.18. The minimum absolute atomic E-state index is 0.194. The molecule has 0 aromatic carbocycles. The first kappa shape index (κ1) is 9.98. The van der Waals surface area contributed by atoms with Crippen LogP contribution in [0.2, 0.25) is 0 Å². The number of hydrogen-bond donors (Lipinski definition) is 1. The lowest BCUT2D eigenvalue weighted by molar-refractivity contribution is -0.135. The Labute approximate surface area is 76.8 Å². The van der Waals surface area contributed by atoms with Gasteiger partial charge in [-0.25, -0.2) is 0 Å². The smallest absolute Gasteiger partial charge is 0.232 e. The van der Waals surface area contributed by atoms with Crippen LogP contribution >= 0.6 is 0 Å². The van der Waals surface area contributed by atoms with Gasteiger partial charge in [0.15, 0.2) is 0 Å². The summed E-state index contributed by atoms with van der Waals surface area (Å²) in [5.74, 6) is -0.770. The van der Waals surface area contributed by atoms with Crippen LogP contribution in [0.1, 0.15) is 12.8 Å². The summed E-state index contributed by atoms with van der Waals surface area (Å²) in [7, 11) is 0. The van der Waals surface area contributed by atoms with Gasteiger partial charge in [0.2, 0.25) is 11.8 Å². The number of nitrogens with zero attached hydrogens (tertiary/aromatic N) is 1. The Morgan fingerprint density at radius 2 is 2.08 bits per heavy atom. The van der Waals surface area contributed by atoms with E-state index < -0.39 is 5.91 Å². The lowest BCUT2D eigenvalue weighted by Crippen LogP contribution is -2.35. The molecule has 0 radical (unpaired) electrons. The molecule has 5 nitrogen and oxygen atoms in total. The van der Waals surface area contributed by atoms with Gasteiger partial charge in [0.25, 0.3) is 0 Å². The fourth-order valence-electron chi connectivity index (χ4n) is 1.26. The second-order valence-corrected chi connectivity index (χ2v) is 2.99. The van der Waals surface area contributed by atoms with Crippen LogP contribution in [0.4, 0.5) is 0 Å². The first-order valence-electron chi connectivity index (χ1n) is 4.34. The average molecular weight is 186 g/mol. The molecular formula is C8H14N2O3. The third-order valence-electron chi connectivity index (χ3n) is 1.90. The molecule has 1 aliphatic rings. The van der Waals surface area contributed by atoms with Crippen LogP contribution in [0.15, 0.2) is 0 Å². The summed E-state index contributed by atoms with van der Waals surface area (Å²) in [5.41, 5.74) is 4.92. The van der Waals surface area contributed by atoms with E-state index in [2.05, 4.69) is 0 Å². The highest BCUT2D eigenvalue weighted by Gasteiger charge is 2.16. The van der Waals surface area contributed by atoms with Crippen molar-refractivity contribution in [2.24, 2.45) is 5.73 Å². The molecule has 13 heavy (non-hydrogen) atoms. The highest BCUT2D eigenvalue weighted by molar-refractivity contribution is 5.96. The van der Waals surface area contributed by atoms with E-state index >= 15 is 0 Å². The Balaban J connectivity index is 2.39. The summed E-state index contributed by atoms with van der Waals surface area (Å²) in [5, 5.41) is 0. The number of rotatable bonds is 2. The van der Waals surface area contributed by atoms with Gasteiger partial charge in [-0.05, 0) is 6.42 Å². The fourth-order valence-corrected chi connectivity index (χ4v) is 1.26. The summed E-state index contributed by atoms with van der Waals surface area (Å²) in [4.78, 5) is 23.4. The molecule has 2 N–H and O–H groups in total. The van der Waals surface area contributed by atoms with E-state index in [1.165, 1.54) is 0 Å². The molecular weight excluding hydrogens is 172 g/mol. The SMILES string of the molecule is NC(=O)CC(=O)N1CCCOCC1. The minimum atomic E-state index is -0.574. The van der Waals surface area contributed by atoms with Crippen molar-refractivity contribution in [2.75, 3.05) is 26.3 Å². The van der Waals surface area contributed by atoms with Crippen LogP contribution in [0.5, 0.6) is 0 Å². The molecule has 0 unspecified atom stereocenters. The van der Waals surface area contributed by atoms with E-state index in [-0.39, 0.29) is 12.3 Å². The van der Waals surface area contributed by atoms with E-state index in [0.717, 1.165) is 6.42 Å². The molecule has 1 fully saturated rings. The van der Waals surface area contributed by atoms with Crippen molar-refractivity contribution in [3.05, 3.63) is 0 Å². The zero-order valence-corrected chi connectivity index (χ0v) is 7.49. The second-order valence-electron chi connectivity index (χ2n) is 2.99. The van der Waals surface area contributed by atoms with Gasteiger partial charge in [-0.3, -0.25) is 9.59 Å². The van der Waals surface area contributed by atoms with Crippen LogP contribution in [0.3, 0.4) is 0 Å². The quantitative estimate of drug-likeness (QED) is 0.569. The molecule has 5 heteroatoms. The van der Waals surface area contributed by atoms with Crippen molar-refractivity contribution in [1.29, 1.82) is 0 Å². The number of amides is 2. The number of primary amides is 1. The van der Waals surface area contributed by atoms with Crippen LogP contribution in [0.25, 0.3) is 0 Å². The van der Waals surface area contributed by atoms with Crippen molar-refractivity contribution in [3.8, 4) is 0 Å². The maximum absolute atomic E-state index is 11.3.